The summed E-state index contributed by atoms with van der Waals surface area (Å²) in [6.45, 7) is 9.45. The molecule has 3 rings (SSSR count). The van der Waals surface area contributed by atoms with E-state index in [-0.39, 0.29) is 10.7 Å². The van der Waals surface area contributed by atoms with Crippen LogP contribution < -0.4 is 9.46 Å². The normalized spacial score (nSPS) is 12.9. The van der Waals surface area contributed by atoms with E-state index in [0.717, 1.165) is 5.56 Å². The average Bonchev–Trinajstić information content (AvgIpc) is 3.19. The maximum Gasteiger partial charge on any atom is 0.302 e. The maximum absolute atomic E-state index is 12.8. The number of hydrogen-bond donors (Lipinski definition) is 1. The third-order valence-electron chi connectivity index (χ3n) is 4.41. The van der Waals surface area contributed by atoms with Crippen molar-refractivity contribution >= 4 is 10.0 Å². The third kappa shape index (κ3) is 3.95. The fourth-order valence-corrected chi connectivity index (χ4v) is 4.58. The lowest BCUT2D eigenvalue weighted by Crippen LogP contribution is -2.29. The first-order valence-electron chi connectivity index (χ1n) is 8.98. The molecule has 0 aliphatic rings. The van der Waals surface area contributed by atoms with Crippen molar-refractivity contribution in [2.75, 3.05) is 0 Å². The second-order valence-corrected chi connectivity index (χ2v) is 8.27. The molecule has 0 saturated heterocycles. The molecule has 1 unspecified atom stereocenters. The Bertz CT molecular complexity index is 1050. The van der Waals surface area contributed by atoms with Gasteiger partial charge in [-0.15, -0.1) is 0 Å². The number of aryl methyl sites for hydroxylation is 3. The number of rotatable bonds is 7. The first-order valence-corrected chi connectivity index (χ1v) is 10.5. The summed E-state index contributed by atoms with van der Waals surface area (Å²) in [5.74, 6) is 0.922. The molecule has 0 spiro atoms. The number of nitrogens with zero attached hydrogens (tertiary/aromatic N) is 3. The largest absolute Gasteiger partial charge is 0.426 e. The second-order valence-electron chi connectivity index (χ2n) is 6.62. The van der Waals surface area contributed by atoms with Crippen molar-refractivity contribution in [2.45, 2.75) is 52.1 Å². The van der Waals surface area contributed by atoms with Gasteiger partial charge in [-0.05, 0) is 46.8 Å². The Labute approximate surface area is 164 Å². The zero-order valence-electron chi connectivity index (χ0n) is 16.6. The molecule has 3 aromatic rings. The molecule has 9 heteroatoms. The zero-order chi connectivity index (χ0) is 20.5. The molecule has 1 N–H and O–H groups in total. The number of aromatic nitrogens is 3. The molecule has 0 saturated carbocycles. The smallest absolute Gasteiger partial charge is 0.302 e. The number of benzene rings is 1. The van der Waals surface area contributed by atoms with E-state index >= 15 is 0 Å². The Morgan fingerprint density at radius 1 is 1.21 bits per heavy atom. The molecule has 2 heterocycles. The van der Waals surface area contributed by atoms with Crippen LogP contribution >= 0.6 is 0 Å². The number of ether oxygens (including phenoxy) is 1. The molecule has 0 fully saturated rings. The summed E-state index contributed by atoms with van der Waals surface area (Å²) in [5, 5.41) is 3.72. The van der Waals surface area contributed by atoms with Gasteiger partial charge in [0, 0.05) is 6.54 Å². The Kier molecular flexibility index (Phi) is 5.57. The molecule has 28 heavy (non-hydrogen) atoms. The third-order valence-corrected chi connectivity index (χ3v) is 6.19. The van der Waals surface area contributed by atoms with Gasteiger partial charge in [0.2, 0.25) is 10.0 Å². The highest BCUT2D eigenvalue weighted by molar-refractivity contribution is 7.89. The van der Waals surface area contributed by atoms with Crippen molar-refractivity contribution in [1.29, 1.82) is 0 Å². The Balaban J connectivity index is 1.85. The summed E-state index contributed by atoms with van der Waals surface area (Å²) in [6, 6.07) is 7.53. The highest BCUT2D eigenvalue weighted by Gasteiger charge is 2.28. The quantitative estimate of drug-likeness (QED) is 0.645. The monoisotopic (exact) mass is 404 g/mol. The molecule has 0 aliphatic heterocycles. The van der Waals surface area contributed by atoms with Crippen molar-refractivity contribution in [3.63, 3.8) is 0 Å². The van der Waals surface area contributed by atoms with Gasteiger partial charge in [0.05, 0.1) is 17.9 Å². The highest BCUT2D eigenvalue weighted by Crippen LogP contribution is 2.27. The van der Waals surface area contributed by atoms with Crippen LogP contribution in [0.3, 0.4) is 0 Å². The summed E-state index contributed by atoms with van der Waals surface area (Å²) in [4.78, 5) is 4.40. The minimum absolute atomic E-state index is 0.0676. The molecule has 1 aromatic carbocycles. The van der Waals surface area contributed by atoms with Crippen LogP contribution in [0.5, 0.6) is 11.8 Å². The molecular weight excluding hydrogens is 380 g/mol. The molecule has 0 aliphatic carbocycles. The van der Waals surface area contributed by atoms with Gasteiger partial charge in [0.1, 0.15) is 16.3 Å². The van der Waals surface area contributed by atoms with Gasteiger partial charge in [-0.2, -0.15) is 0 Å². The van der Waals surface area contributed by atoms with E-state index in [4.69, 9.17) is 9.26 Å². The van der Waals surface area contributed by atoms with Crippen molar-refractivity contribution < 1.29 is 17.7 Å². The zero-order valence-corrected chi connectivity index (χ0v) is 17.4. The number of imidazole rings is 1. The molecule has 150 valence electrons. The molecule has 1 atom stereocenters. The molecular formula is C19H24N4O4S. The summed E-state index contributed by atoms with van der Waals surface area (Å²) in [7, 11) is -3.79. The van der Waals surface area contributed by atoms with E-state index in [9.17, 15) is 8.42 Å². The average molecular weight is 404 g/mol. The maximum atomic E-state index is 12.8. The van der Waals surface area contributed by atoms with Gasteiger partial charge in [0.25, 0.3) is 0 Å². The lowest BCUT2D eigenvalue weighted by atomic mass is 10.2. The molecule has 8 nitrogen and oxygen atoms in total. The SMILES string of the molecule is CCn1c(C(C)NS(=O)(=O)c2c(C)noc2C)cnc1Oc1ccc(C)cc1. The van der Waals surface area contributed by atoms with Crippen LogP contribution in [-0.2, 0) is 16.6 Å². The number of hydrogen-bond acceptors (Lipinski definition) is 6. The summed E-state index contributed by atoms with van der Waals surface area (Å²) >= 11 is 0. The van der Waals surface area contributed by atoms with E-state index in [2.05, 4.69) is 14.9 Å². The second kappa shape index (κ2) is 7.76. The molecule has 0 radical (unpaired) electrons. The van der Waals surface area contributed by atoms with Gasteiger partial charge in [-0.3, -0.25) is 4.57 Å². The van der Waals surface area contributed by atoms with E-state index in [0.29, 0.717) is 29.7 Å². The minimum Gasteiger partial charge on any atom is -0.426 e. The molecule has 0 amide bonds. The molecule has 2 aromatic heterocycles. The minimum atomic E-state index is -3.79. The van der Waals surface area contributed by atoms with Crippen LogP contribution in [0, 0.1) is 20.8 Å². The van der Waals surface area contributed by atoms with Crippen molar-refractivity contribution in [2.24, 2.45) is 0 Å². The Hall–Kier alpha value is -2.65. The van der Waals surface area contributed by atoms with Gasteiger partial charge in [0.15, 0.2) is 5.76 Å². The van der Waals surface area contributed by atoms with Crippen LogP contribution in [0.2, 0.25) is 0 Å². The fourth-order valence-electron chi connectivity index (χ4n) is 3.04. The van der Waals surface area contributed by atoms with Gasteiger partial charge in [-0.1, -0.05) is 22.9 Å². The molecule has 0 bridgehead atoms. The van der Waals surface area contributed by atoms with Crippen molar-refractivity contribution in [3.8, 4) is 11.8 Å². The van der Waals surface area contributed by atoms with E-state index in [1.54, 1.807) is 27.0 Å². The van der Waals surface area contributed by atoms with Gasteiger partial charge >= 0.3 is 6.01 Å². The topological polar surface area (TPSA) is 99.2 Å². The first-order chi connectivity index (χ1) is 13.2. The van der Waals surface area contributed by atoms with Crippen LogP contribution in [0.4, 0.5) is 0 Å². The summed E-state index contributed by atoms with van der Waals surface area (Å²) in [5.41, 5.74) is 2.15. The Morgan fingerprint density at radius 3 is 2.46 bits per heavy atom. The van der Waals surface area contributed by atoms with E-state index < -0.39 is 16.1 Å². The number of sulfonamides is 1. The lowest BCUT2D eigenvalue weighted by molar-refractivity contribution is 0.390. The predicted molar refractivity (Wildman–Crippen MR) is 104 cm³/mol. The Morgan fingerprint density at radius 2 is 1.89 bits per heavy atom. The van der Waals surface area contributed by atoms with Gasteiger partial charge in [-0.25, -0.2) is 18.1 Å². The lowest BCUT2D eigenvalue weighted by Gasteiger charge is -2.17. The highest BCUT2D eigenvalue weighted by atomic mass is 32.2. The van der Waals surface area contributed by atoms with Gasteiger partial charge < -0.3 is 9.26 Å². The van der Waals surface area contributed by atoms with Crippen LogP contribution in [0.15, 0.2) is 39.9 Å². The summed E-state index contributed by atoms with van der Waals surface area (Å²) in [6.07, 6.45) is 1.62. The van der Waals surface area contributed by atoms with Crippen LogP contribution in [-0.4, -0.2) is 23.1 Å². The predicted octanol–water partition coefficient (Wildman–Crippen LogP) is 3.65. The first kappa shape index (κ1) is 20.1. The van der Waals surface area contributed by atoms with Crippen LogP contribution in [0.25, 0.3) is 0 Å². The van der Waals surface area contributed by atoms with E-state index in [1.165, 1.54) is 0 Å². The summed E-state index contributed by atoms with van der Waals surface area (Å²) < 4.78 is 40.9. The fraction of sp³-hybridized carbons (Fsp3) is 0.368. The standard InChI is InChI=1S/C19H24N4O4S/c1-6-23-17(11-20-19(23)26-16-9-7-12(2)8-10-16)13(3)22-28(24,25)18-14(4)21-27-15(18)5/h7-11,13,22H,6H2,1-5H3. The number of nitrogens with one attached hydrogen (secondary N) is 1. The van der Waals surface area contributed by atoms with E-state index in [1.807, 2.05) is 42.7 Å². The van der Waals surface area contributed by atoms with Crippen molar-refractivity contribution in [3.05, 3.63) is 53.2 Å². The van der Waals surface area contributed by atoms with Crippen molar-refractivity contribution in [1.82, 2.24) is 19.4 Å². The van der Waals surface area contributed by atoms with Crippen LogP contribution in [0.1, 0.15) is 42.6 Å².